The first-order valence-electron chi connectivity index (χ1n) is 10.5. The molecule has 0 fully saturated rings. The van der Waals surface area contributed by atoms with Gasteiger partial charge in [-0.05, 0) is 48.9 Å². The minimum absolute atomic E-state index is 0.0177. The second kappa shape index (κ2) is 7.70. The highest BCUT2D eigenvalue weighted by molar-refractivity contribution is 5.92. The van der Waals surface area contributed by atoms with Crippen molar-refractivity contribution in [3.63, 3.8) is 0 Å². The van der Waals surface area contributed by atoms with Crippen molar-refractivity contribution in [3.05, 3.63) is 94.2 Å². The topological polar surface area (TPSA) is 80.0 Å². The van der Waals surface area contributed by atoms with Crippen LogP contribution in [0.1, 0.15) is 23.0 Å². The first-order valence-corrected chi connectivity index (χ1v) is 10.5. The summed E-state index contributed by atoms with van der Waals surface area (Å²) in [5.74, 6) is -2.27. The number of carbonyl (C=O) groups excluding carboxylic acids is 1. The van der Waals surface area contributed by atoms with Gasteiger partial charge in [0.05, 0.1) is 28.4 Å². The van der Waals surface area contributed by atoms with Crippen LogP contribution < -0.4 is 10.5 Å². The Morgan fingerprint density at radius 2 is 1.82 bits per heavy atom. The third-order valence-corrected chi connectivity index (χ3v) is 5.81. The van der Waals surface area contributed by atoms with Gasteiger partial charge in [-0.25, -0.2) is 9.07 Å². The Morgan fingerprint density at radius 3 is 2.55 bits per heavy atom. The number of hydrogen-bond acceptors (Lipinski definition) is 4. The molecule has 0 bridgehead atoms. The van der Waals surface area contributed by atoms with E-state index < -0.39 is 22.8 Å². The third kappa shape index (κ3) is 3.38. The average Bonchev–Trinajstić information content (AvgIpc) is 3.20. The normalized spacial score (nSPS) is 11.4. The summed E-state index contributed by atoms with van der Waals surface area (Å²) in [5, 5.41) is 18.0. The molecule has 33 heavy (non-hydrogen) atoms. The molecule has 6 nitrogen and oxygen atoms in total. The molecule has 3 aromatic carbocycles. The quantitative estimate of drug-likeness (QED) is 0.425. The Balaban J connectivity index is 1.76. The number of fused-ring (bicyclic) bond motifs is 2. The predicted molar refractivity (Wildman–Crippen MR) is 123 cm³/mol. The summed E-state index contributed by atoms with van der Waals surface area (Å²) in [6.45, 7) is 4.02. The van der Waals surface area contributed by atoms with Gasteiger partial charge in [0.1, 0.15) is 11.5 Å². The molecule has 0 aliphatic rings. The smallest absolute Gasteiger partial charge is 0.198 e. The maximum atomic E-state index is 15.3. The molecular formula is C26H19FN3O3-. The second-order valence-corrected chi connectivity index (χ2v) is 7.91. The molecule has 0 radical (unpaired) electrons. The van der Waals surface area contributed by atoms with Gasteiger partial charge in [-0.15, -0.1) is 0 Å². The first kappa shape index (κ1) is 20.6. The monoisotopic (exact) mass is 440 g/mol. The minimum Gasteiger partial charge on any atom is -0.545 e. The molecule has 0 saturated heterocycles. The van der Waals surface area contributed by atoms with E-state index in [4.69, 9.17) is 0 Å². The summed E-state index contributed by atoms with van der Waals surface area (Å²) in [6, 6.07) is 18.4. The van der Waals surface area contributed by atoms with Crippen molar-refractivity contribution in [2.45, 2.75) is 20.4 Å². The summed E-state index contributed by atoms with van der Waals surface area (Å²) >= 11 is 0. The first-order chi connectivity index (χ1) is 15.9. The molecule has 7 heteroatoms. The lowest BCUT2D eigenvalue weighted by atomic mass is 10.0. The van der Waals surface area contributed by atoms with Crippen molar-refractivity contribution in [3.8, 4) is 16.9 Å². The summed E-state index contributed by atoms with van der Waals surface area (Å²) in [4.78, 5) is 24.0. The van der Waals surface area contributed by atoms with Gasteiger partial charge in [-0.3, -0.25) is 4.79 Å². The zero-order valence-corrected chi connectivity index (χ0v) is 18.0. The van der Waals surface area contributed by atoms with E-state index in [0.29, 0.717) is 23.4 Å². The molecule has 0 unspecified atom stereocenters. The Bertz CT molecular complexity index is 1630. The highest BCUT2D eigenvalue weighted by Gasteiger charge is 2.18. The highest BCUT2D eigenvalue weighted by Crippen LogP contribution is 2.29. The van der Waals surface area contributed by atoms with Crippen LogP contribution in [0, 0.1) is 12.7 Å². The zero-order chi connectivity index (χ0) is 23.3. The number of aromatic nitrogens is 3. The predicted octanol–water partition coefficient (Wildman–Crippen LogP) is 3.84. The van der Waals surface area contributed by atoms with E-state index in [1.807, 2.05) is 62.4 Å². The Kier molecular flexibility index (Phi) is 4.82. The molecule has 0 aliphatic heterocycles. The summed E-state index contributed by atoms with van der Waals surface area (Å²) < 4.78 is 18.5. The van der Waals surface area contributed by atoms with Gasteiger partial charge in [0.25, 0.3) is 0 Å². The van der Waals surface area contributed by atoms with Crippen molar-refractivity contribution in [2.75, 3.05) is 0 Å². The zero-order valence-electron chi connectivity index (χ0n) is 18.0. The van der Waals surface area contributed by atoms with E-state index in [1.165, 1.54) is 16.9 Å². The number of rotatable bonds is 4. The number of benzene rings is 3. The molecule has 164 valence electrons. The van der Waals surface area contributed by atoms with Crippen LogP contribution in [0.25, 0.3) is 38.6 Å². The van der Waals surface area contributed by atoms with Crippen LogP contribution in [0.2, 0.25) is 0 Å². The van der Waals surface area contributed by atoms with Crippen LogP contribution in [0.5, 0.6) is 0 Å². The van der Waals surface area contributed by atoms with E-state index >= 15 is 4.39 Å². The van der Waals surface area contributed by atoms with E-state index in [2.05, 4.69) is 5.10 Å². The van der Waals surface area contributed by atoms with Gasteiger partial charge in [0, 0.05) is 23.7 Å². The van der Waals surface area contributed by atoms with Gasteiger partial charge in [-0.1, -0.05) is 36.4 Å². The molecular weight excluding hydrogens is 421 g/mol. The van der Waals surface area contributed by atoms with Crippen molar-refractivity contribution in [1.29, 1.82) is 0 Å². The van der Waals surface area contributed by atoms with Crippen molar-refractivity contribution in [1.82, 2.24) is 14.3 Å². The van der Waals surface area contributed by atoms with Crippen molar-refractivity contribution < 1.29 is 14.3 Å². The number of carboxylic acids is 1. The van der Waals surface area contributed by atoms with Gasteiger partial charge in [-0.2, -0.15) is 5.10 Å². The van der Waals surface area contributed by atoms with E-state index in [0.717, 1.165) is 22.4 Å². The number of hydrogen-bond donors (Lipinski definition) is 0. The average molecular weight is 440 g/mol. The second-order valence-electron chi connectivity index (χ2n) is 7.91. The summed E-state index contributed by atoms with van der Waals surface area (Å²) in [5.41, 5.74) is 1.60. The number of aryl methyl sites for hydroxylation is 2. The number of nitrogens with zero attached hydrogens (tertiary/aromatic N) is 3. The standard InChI is InChI=1S/C26H20FN3O3/c1-3-29-14-20(26(32)33)25(31)19-12-21(27)24(13-23(19)29)30-22(10-15(2)28-30)18-9-8-16-6-4-5-7-17(16)11-18/h4-14H,3H2,1-2H3,(H,32,33)/p-1. The largest absolute Gasteiger partial charge is 0.545 e. The Labute approximate surface area is 188 Å². The van der Waals surface area contributed by atoms with Crippen molar-refractivity contribution >= 4 is 27.6 Å². The third-order valence-electron chi connectivity index (χ3n) is 5.81. The maximum absolute atomic E-state index is 15.3. The molecule has 2 aromatic heterocycles. The van der Waals surface area contributed by atoms with Crippen molar-refractivity contribution in [2.24, 2.45) is 0 Å². The Hall–Kier alpha value is -4.26. The number of pyridine rings is 1. The fraction of sp³-hybridized carbons (Fsp3) is 0.115. The lowest BCUT2D eigenvalue weighted by Crippen LogP contribution is -2.30. The number of aromatic carboxylic acids is 1. The molecule has 0 aliphatic carbocycles. The molecule has 0 atom stereocenters. The van der Waals surface area contributed by atoms with E-state index in [1.54, 1.807) is 4.57 Å². The minimum atomic E-state index is -1.59. The Morgan fingerprint density at radius 1 is 1.06 bits per heavy atom. The van der Waals surface area contributed by atoms with Crippen LogP contribution in [-0.4, -0.2) is 20.3 Å². The molecule has 2 heterocycles. The fourth-order valence-electron chi connectivity index (χ4n) is 4.21. The fourth-order valence-corrected chi connectivity index (χ4v) is 4.21. The van der Waals surface area contributed by atoms with Crippen LogP contribution in [-0.2, 0) is 6.54 Å². The molecule has 5 rings (SSSR count). The number of carbonyl (C=O) groups is 1. The van der Waals surface area contributed by atoms with Crippen LogP contribution >= 0.6 is 0 Å². The SMILES string of the molecule is CCn1cc(C(=O)[O-])c(=O)c2cc(F)c(-n3nc(C)cc3-c3ccc4ccccc4c3)cc21. The number of halogens is 1. The number of carboxylic acid groups (broad SMARTS) is 1. The molecule has 5 aromatic rings. The summed E-state index contributed by atoms with van der Waals surface area (Å²) in [6.07, 6.45) is 1.24. The van der Waals surface area contributed by atoms with Gasteiger partial charge in [0.2, 0.25) is 0 Å². The van der Waals surface area contributed by atoms with E-state index in [9.17, 15) is 14.7 Å². The molecule has 0 spiro atoms. The highest BCUT2D eigenvalue weighted by atomic mass is 19.1. The van der Waals surface area contributed by atoms with Crippen LogP contribution in [0.4, 0.5) is 4.39 Å². The van der Waals surface area contributed by atoms with Gasteiger partial charge < -0.3 is 14.5 Å². The molecule has 0 saturated carbocycles. The summed E-state index contributed by atoms with van der Waals surface area (Å²) in [7, 11) is 0. The molecule has 0 N–H and O–H groups in total. The lowest BCUT2D eigenvalue weighted by molar-refractivity contribution is -0.255. The molecule has 0 amide bonds. The lowest BCUT2D eigenvalue weighted by Gasteiger charge is -2.15. The maximum Gasteiger partial charge on any atom is 0.198 e. The van der Waals surface area contributed by atoms with E-state index in [-0.39, 0.29) is 11.1 Å². The van der Waals surface area contributed by atoms with Crippen LogP contribution in [0.3, 0.4) is 0 Å². The van der Waals surface area contributed by atoms with Crippen LogP contribution in [0.15, 0.2) is 71.7 Å². The van der Waals surface area contributed by atoms with Gasteiger partial charge >= 0.3 is 0 Å². The van der Waals surface area contributed by atoms with Gasteiger partial charge in [0.15, 0.2) is 5.43 Å².